The summed E-state index contributed by atoms with van der Waals surface area (Å²) >= 11 is 0. The molecule has 0 radical (unpaired) electrons. The highest BCUT2D eigenvalue weighted by Crippen LogP contribution is 2.23. The van der Waals surface area contributed by atoms with Gasteiger partial charge in [0.15, 0.2) is 0 Å². The second-order valence-electron chi connectivity index (χ2n) is 6.17. The molecule has 0 spiro atoms. The van der Waals surface area contributed by atoms with Crippen molar-refractivity contribution < 1.29 is 4.74 Å². The lowest BCUT2D eigenvalue weighted by molar-refractivity contribution is -0.0182. The van der Waals surface area contributed by atoms with E-state index in [-0.39, 0.29) is 0 Å². The molecule has 1 aromatic rings. The van der Waals surface area contributed by atoms with Crippen LogP contribution in [0, 0.1) is 5.92 Å². The van der Waals surface area contributed by atoms with E-state index < -0.39 is 0 Å². The van der Waals surface area contributed by atoms with Gasteiger partial charge in [0, 0.05) is 26.2 Å². The van der Waals surface area contributed by atoms with Crippen LogP contribution in [0.15, 0.2) is 30.3 Å². The van der Waals surface area contributed by atoms with Crippen molar-refractivity contribution in [2.45, 2.75) is 25.9 Å². The van der Waals surface area contributed by atoms with Crippen molar-refractivity contribution in [1.29, 1.82) is 0 Å². The minimum atomic E-state index is 0.331. The van der Waals surface area contributed by atoms with Crippen molar-refractivity contribution in [3.8, 4) is 0 Å². The summed E-state index contributed by atoms with van der Waals surface area (Å²) in [7, 11) is 2.16. The van der Waals surface area contributed by atoms with Gasteiger partial charge in [0.25, 0.3) is 0 Å². The van der Waals surface area contributed by atoms with Crippen molar-refractivity contribution in [3.63, 3.8) is 0 Å². The summed E-state index contributed by atoms with van der Waals surface area (Å²) in [4.78, 5) is 2.34. The van der Waals surface area contributed by atoms with Gasteiger partial charge in [-0.15, -0.1) is 0 Å². The molecule has 0 aliphatic carbocycles. The number of nitrogens with zero attached hydrogens (tertiary/aromatic N) is 1. The van der Waals surface area contributed by atoms with Crippen molar-refractivity contribution in [3.05, 3.63) is 35.9 Å². The average molecular weight is 276 g/mol. The van der Waals surface area contributed by atoms with Crippen LogP contribution in [0.2, 0.25) is 0 Å². The minimum absolute atomic E-state index is 0.331. The maximum absolute atomic E-state index is 5.79. The minimum Gasteiger partial charge on any atom is -0.374 e. The average Bonchev–Trinajstić information content (AvgIpc) is 2.44. The molecule has 0 bridgehead atoms. The Kier molecular flexibility index (Phi) is 6.02. The number of nitrogens with one attached hydrogen (secondary N) is 1. The summed E-state index contributed by atoms with van der Waals surface area (Å²) in [6.45, 7) is 9.50. The largest absolute Gasteiger partial charge is 0.374 e. The Labute approximate surface area is 123 Å². The highest BCUT2D eigenvalue weighted by Gasteiger charge is 2.19. The van der Waals surface area contributed by atoms with Crippen LogP contribution < -0.4 is 5.32 Å². The van der Waals surface area contributed by atoms with Crippen LogP contribution in [0.25, 0.3) is 0 Å². The first-order valence-corrected chi connectivity index (χ1v) is 7.72. The van der Waals surface area contributed by atoms with Crippen molar-refractivity contribution in [2.24, 2.45) is 5.92 Å². The fraction of sp³-hybridized carbons (Fsp3) is 0.647. The number of likely N-dealkylation sites (N-methyl/N-ethyl adjacent to an activating group) is 1. The molecule has 3 heteroatoms. The van der Waals surface area contributed by atoms with Crippen molar-refractivity contribution >= 4 is 0 Å². The van der Waals surface area contributed by atoms with Gasteiger partial charge in [-0.2, -0.15) is 0 Å². The summed E-state index contributed by atoms with van der Waals surface area (Å²) in [5, 5.41) is 3.60. The van der Waals surface area contributed by atoms with Gasteiger partial charge >= 0.3 is 0 Å². The molecule has 0 aromatic heterocycles. The highest BCUT2D eigenvalue weighted by molar-refractivity contribution is 5.20. The van der Waals surface area contributed by atoms with Crippen molar-refractivity contribution in [2.75, 3.05) is 39.8 Å². The Balaban J connectivity index is 1.81. The number of benzene rings is 1. The molecule has 1 N–H and O–H groups in total. The van der Waals surface area contributed by atoms with Gasteiger partial charge in [-0.25, -0.2) is 0 Å². The smallest absolute Gasteiger partial charge is 0.0826 e. The Morgan fingerprint density at radius 1 is 1.30 bits per heavy atom. The molecule has 1 heterocycles. The summed E-state index contributed by atoms with van der Waals surface area (Å²) in [6.07, 6.45) is 0.331. The number of ether oxygens (including phenoxy) is 1. The SMILES string of the molecule is CC(C)C(CNCC1CN(C)CCO1)c1ccccc1. The van der Waals surface area contributed by atoms with E-state index >= 15 is 0 Å². The monoisotopic (exact) mass is 276 g/mol. The lowest BCUT2D eigenvalue weighted by Gasteiger charge is -2.31. The molecule has 2 unspecified atom stereocenters. The first-order valence-electron chi connectivity index (χ1n) is 7.72. The van der Waals surface area contributed by atoms with Gasteiger partial charge < -0.3 is 15.0 Å². The molecular formula is C17H28N2O. The van der Waals surface area contributed by atoms with Gasteiger partial charge in [-0.3, -0.25) is 0 Å². The van der Waals surface area contributed by atoms with Gasteiger partial charge in [0.2, 0.25) is 0 Å². The topological polar surface area (TPSA) is 24.5 Å². The molecule has 3 nitrogen and oxygen atoms in total. The molecule has 1 aromatic carbocycles. The standard InChI is InChI=1S/C17H28N2O/c1-14(2)17(15-7-5-4-6-8-15)12-18-11-16-13-19(3)9-10-20-16/h4-8,14,16-18H,9-13H2,1-3H3. The normalized spacial score (nSPS) is 22.1. The predicted octanol–water partition coefficient (Wildman–Crippen LogP) is 2.35. The zero-order valence-corrected chi connectivity index (χ0v) is 13.0. The molecular weight excluding hydrogens is 248 g/mol. The Morgan fingerprint density at radius 3 is 2.70 bits per heavy atom. The van der Waals surface area contributed by atoms with Crippen molar-refractivity contribution in [1.82, 2.24) is 10.2 Å². The fourth-order valence-corrected chi connectivity index (χ4v) is 2.83. The Hall–Kier alpha value is -0.900. The predicted molar refractivity (Wildman–Crippen MR) is 84.1 cm³/mol. The van der Waals surface area contributed by atoms with Gasteiger partial charge in [0.1, 0.15) is 0 Å². The zero-order valence-electron chi connectivity index (χ0n) is 13.0. The van der Waals surface area contributed by atoms with Gasteiger partial charge in [-0.1, -0.05) is 44.2 Å². The van der Waals surface area contributed by atoms with E-state index in [9.17, 15) is 0 Å². The molecule has 2 atom stereocenters. The molecule has 20 heavy (non-hydrogen) atoms. The molecule has 1 aliphatic heterocycles. The quantitative estimate of drug-likeness (QED) is 0.863. The van der Waals surface area contributed by atoms with Gasteiger partial charge in [0.05, 0.1) is 12.7 Å². The third kappa shape index (κ3) is 4.58. The summed E-state index contributed by atoms with van der Waals surface area (Å²) in [5.74, 6) is 1.21. The Bertz CT molecular complexity index is 380. The zero-order chi connectivity index (χ0) is 14.4. The van der Waals surface area contributed by atoms with Crippen LogP contribution in [-0.4, -0.2) is 50.8 Å². The lowest BCUT2D eigenvalue weighted by atomic mass is 9.88. The van der Waals surface area contributed by atoms with Crippen LogP contribution in [0.4, 0.5) is 0 Å². The first-order chi connectivity index (χ1) is 9.66. The van der Waals surface area contributed by atoms with E-state index in [1.165, 1.54) is 5.56 Å². The molecule has 0 saturated carbocycles. The first kappa shape index (κ1) is 15.5. The number of morpholine rings is 1. The summed E-state index contributed by atoms with van der Waals surface area (Å²) in [6, 6.07) is 10.8. The van der Waals surface area contributed by atoms with E-state index in [0.717, 1.165) is 32.8 Å². The Morgan fingerprint density at radius 2 is 2.05 bits per heavy atom. The maximum atomic E-state index is 5.79. The number of rotatable bonds is 6. The van der Waals surface area contributed by atoms with Crippen LogP contribution in [0.3, 0.4) is 0 Å². The number of hydrogen-bond acceptors (Lipinski definition) is 3. The molecule has 1 aliphatic rings. The van der Waals surface area contributed by atoms with E-state index in [1.54, 1.807) is 0 Å². The van der Waals surface area contributed by atoms with Crippen LogP contribution in [0.1, 0.15) is 25.3 Å². The second kappa shape index (κ2) is 7.77. The van der Waals surface area contributed by atoms with E-state index in [2.05, 4.69) is 61.4 Å². The maximum Gasteiger partial charge on any atom is 0.0826 e. The van der Waals surface area contributed by atoms with E-state index in [4.69, 9.17) is 4.74 Å². The second-order valence-corrected chi connectivity index (χ2v) is 6.17. The lowest BCUT2D eigenvalue weighted by Crippen LogP contribution is -2.45. The molecule has 112 valence electrons. The van der Waals surface area contributed by atoms with Crippen LogP contribution >= 0.6 is 0 Å². The summed E-state index contributed by atoms with van der Waals surface area (Å²) < 4.78 is 5.79. The molecule has 1 saturated heterocycles. The van der Waals surface area contributed by atoms with Crippen LogP contribution in [-0.2, 0) is 4.74 Å². The number of hydrogen-bond donors (Lipinski definition) is 1. The van der Waals surface area contributed by atoms with Crippen LogP contribution in [0.5, 0.6) is 0 Å². The molecule has 0 amide bonds. The van der Waals surface area contributed by atoms with E-state index in [1.807, 2.05) is 0 Å². The molecule has 2 rings (SSSR count). The van der Waals surface area contributed by atoms with Gasteiger partial charge in [-0.05, 0) is 24.4 Å². The fourth-order valence-electron chi connectivity index (χ4n) is 2.83. The summed E-state index contributed by atoms with van der Waals surface area (Å²) in [5.41, 5.74) is 1.43. The third-order valence-electron chi connectivity index (χ3n) is 4.11. The third-order valence-corrected chi connectivity index (χ3v) is 4.11. The molecule has 1 fully saturated rings. The highest BCUT2D eigenvalue weighted by atomic mass is 16.5. The van der Waals surface area contributed by atoms with E-state index in [0.29, 0.717) is 17.9 Å².